The van der Waals surface area contributed by atoms with E-state index in [0.29, 0.717) is 15.6 Å². The number of thiazole rings is 1. The molecule has 116 valence electrons. The fourth-order valence-corrected chi connectivity index (χ4v) is 3.40. The standard InChI is InChI=1S/C16H10Cl2N2O2S/c17-11-4-5-12(13(18)7-11)14-8-23-15(20-14)9-2-1-3-10(6-9)16(21)22-19/h1-8H,19H2. The molecule has 0 atom stereocenters. The van der Waals surface area contributed by atoms with Crippen molar-refractivity contribution in [1.29, 1.82) is 0 Å². The van der Waals surface area contributed by atoms with Crippen LogP contribution >= 0.6 is 34.5 Å². The van der Waals surface area contributed by atoms with Crippen molar-refractivity contribution in [2.24, 2.45) is 5.90 Å². The van der Waals surface area contributed by atoms with Gasteiger partial charge in [-0.2, -0.15) is 5.90 Å². The zero-order valence-electron chi connectivity index (χ0n) is 11.6. The Labute approximate surface area is 146 Å². The zero-order chi connectivity index (χ0) is 16.4. The fourth-order valence-electron chi connectivity index (χ4n) is 2.07. The molecule has 0 fully saturated rings. The number of benzene rings is 2. The molecule has 2 N–H and O–H groups in total. The van der Waals surface area contributed by atoms with E-state index >= 15 is 0 Å². The maximum Gasteiger partial charge on any atom is 0.356 e. The van der Waals surface area contributed by atoms with Crippen LogP contribution in [0.3, 0.4) is 0 Å². The van der Waals surface area contributed by atoms with E-state index in [9.17, 15) is 4.79 Å². The molecule has 1 aromatic heterocycles. The van der Waals surface area contributed by atoms with Gasteiger partial charge >= 0.3 is 5.97 Å². The van der Waals surface area contributed by atoms with E-state index in [-0.39, 0.29) is 0 Å². The third-order valence-corrected chi connectivity index (χ3v) is 4.60. The molecule has 0 aliphatic heterocycles. The summed E-state index contributed by atoms with van der Waals surface area (Å²) in [6, 6.07) is 12.2. The third kappa shape index (κ3) is 3.38. The van der Waals surface area contributed by atoms with Crippen LogP contribution in [0, 0.1) is 0 Å². The summed E-state index contributed by atoms with van der Waals surface area (Å²) >= 11 is 13.6. The number of nitrogens with zero attached hydrogens (tertiary/aromatic N) is 1. The second-order valence-electron chi connectivity index (χ2n) is 4.65. The first-order chi connectivity index (χ1) is 11.1. The fraction of sp³-hybridized carbons (Fsp3) is 0. The van der Waals surface area contributed by atoms with E-state index in [2.05, 4.69) is 9.82 Å². The minimum absolute atomic E-state index is 0.367. The number of hydrogen-bond acceptors (Lipinski definition) is 5. The Hall–Kier alpha value is -1.92. The van der Waals surface area contributed by atoms with Crippen LogP contribution in [-0.4, -0.2) is 11.0 Å². The number of carbonyl (C=O) groups excluding carboxylic acids is 1. The molecule has 0 amide bonds. The number of rotatable bonds is 3. The van der Waals surface area contributed by atoms with Crippen molar-refractivity contribution in [3.63, 3.8) is 0 Å². The highest BCUT2D eigenvalue weighted by atomic mass is 35.5. The molecule has 7 heteroatoms. The molecule has 4 nitrogen and oxygen atoms in total. The first-order valence-electron chi connectivity index (χ1n) is 6.51. The number of nitrogens with two attached hydrogens (primary N) is 1. The molecule has 0 saturated carbocycles. The monoisotopic (exact) mass is 364 g/mol. The molecule has 3 rings (SSSR count). The summed E-state index contributed by atoms with van der Waals surface area (Å²) in [5.41, 5.74) is 2.72. The molecule has 0 bridgehead atoms. The van der Waals surface area contributed by atoms with Crippen LogP contribution < -0.4 is 5.90 Å². The van der Waals surface area contributed by atoms with Crippen LogP contribution in [-0.2, 0) is 4.84 Å². The maximum atomic E-state index is 11.5. The molecule has 0 radical (unpaired) electrons. The highest BCUT2D eigenvalue weighted by Crippen LogP contribution is 2.34. The maximum absolute atomic E-state index is 11.5. The molecule has 0 saturated heterocycles. The Morgan fingerprint density at radius 1 is 1.17 bits per heavy atom. The smallest absolute Gasteiger partial charge is 0.356 e. The summed E-state index contributed by atoms with van der Waals surface area (Å²) in [5, 5.41) is 3.77. The predicted molar refractivity (Wildman–Crippen MR) is 92.6 cm³/mol. The van der Waals surface area contributed by atoms with Gasteiger partial charge in [0.1, 0.15) is 5.01 Å². The van der Waals surface area contributed by atoms with Crippen molar-refractivity contribution in [2.45, 2.75) is 0 Å². The van der Waals surface area contributed by atoms with Crippen LogP contribution in [0.2, 0.25) is 10.0 Å². The van der Waals surface area contributed by atoms with Gasteiger partial charge in [0.15, 0.2) is 0 Å². The van der Waals surface area contributed by atoms with Gasteiger partial charge in [0.25, 0.3) is 0 Å². The lowest BCUT2D eigenvalue weighted by Gasteiger charge is -2.02. The summed E-state index contributed by atoms with van der Waals surface area (Å²) in [7, 11) is 0. The lowest BCUT2D eigenvalue weighted by atomic mass is 10.1. The van der Waals surface area contributed by atoms with Crippen molar-refractivity contribution in [3.8, 4) is 21.8 Å². The summed E-state index contributed by atoms with van der Waals surface area (Å²) in [6.45, 7) is 0. The average molecular weight is 365 g/mol. The molecule has 0 aliphatic rings. The van der Waals surface area contributed by atoms with Crippen LogP contribution in [0.15, 0.2) is 47.8 Å². The molecule has 23 heavy (non-hydrogen) atoms. The van der Waals surface area contributed by atoms with E-state index in [4.69, 9.17) is 29.1 Å². The Morgan fingerprint density at radius 3 is 2.74 bits per heavy atom. The minimum Gasteiger partial charge on any atom is -0.370 e. The molecule has 1 heterocycles. The van der Waals surface area contributed by atoms with Crippen molar-refractivity contribution >= 4 is 40.5 Å². The second-order valence-corrected chi connectivity index (χ2v) is 6.35. The Morgan fingerprint density at radius 2 is 2.00 bits per heavy atom. The number of aromatic nitrogens is 1. The molecular weight excluding hydrogens is 355 g/mol. The van der Waals surface area contributed by atoms with Gasteiger partial charge in [-0.3, -0.25) is 0 Å². The predicted octanol–water partition coefficient (Wildman–Crippen LogP) is 4.81. The van der Waals surface area contributed by atoms with Crippen LogP contribution in [0.1, 0.15) is 10.4 Å². The normalized spacial score (nSPS) is 10.6. The van der Waals surface area contributed by atoms with Crippen LogP contribution in [0.5, 0.6) is 0 Å². The van der Waals surface area contributed by atoms with Crippen molar-refractivity contribution in [2.75, 3.05) is 0 Å². The number of halogens is 2. The summed E-state index contributed by atoms with van der Waals surface area (Å²) < 4.78 is 0. The summed E-state index contributed by atoms with van der Waals surface area (Å²) in [4.78, 5) is 20.3. The minimum atomic E-state index is -0.593. The first kappa shape index (κ1) is 16.0. The zero-order valence-corrected chi connectivity index (χ0v) is 14.0. The van der Waals surface area contributed by atoms with Crippen molar-refractivity contribution < 1.29 is 9.63 Å². The highest BCUT2D eigenvalue weighted by Gasteiger charge is 2.12. The third-order valence-electron chi connectivity index (χ3n) is 3.16. The number of hydrogen-bond donors (Lipinski definition) is 1. The Bertz CT molecular complexity index is 880. The molecule has 0 unspecified atom stereocenters. The van der Waals surface area contributed by atoms with Gasteiger partial charge in [-0.05, 0) is 30.3 Å². The molecule has 2 aromatic carbocycles. The Balaban J connectivity index is 1.97. The van der Waals surface area contributed by atoms with Gasteiger partial charge in [-0.25, -0.2) is 9.78 Å². The van der Waals surface area contributed by atoms with Gasteiger partial charge in [0.05, 0.1) is 16.3 Å². The lowest BCUT2D eigenvalue weighted by Crippen LogP contribution is -2.09. The van der Waals surface area contributed by atoms with Gasteiger partial charge in [0.2, 0.25) is 0 Å². The van der Waals surface area contributed by atoms with E-state index in [0.717, 1.165) is 21.8 Å². The average Bonchev–Trinajstić information content (AvgIpc) is 3.04. The summed E-state index contributed by atoms with van der Waals surface area (Å²) in [5.74, 6) is 4.32. The quantitative estimate of drug-likeness (QED) is 0.676. The van der Waals surface area contributed by atoms with Gasteiger partial charge < -0.3 is 4.84 Å². The lowest BCUT2D eigenvalue weighted by molar-refractivity contribution is 0.0503. The molecule has 0 spiro atoms. The van der Waals surface area contributed by atoms with E-state index < -0.39 is 5.97 Å². The first-order valence-corrected chi connectivity index (χ1v) is 8.14. The van der Waals surface area contributed by atoms with E-state index in [1.807, 2.05) is 17.5 Å². The summed E-state index contributed by atoms with van der Waals surface area (Å²) in [6.07, 6.45) is 0. The topological polar surface area (TPSA) is 65.2 Å². The van der Waals surface area contributed by atoms with Gasteiger partial charge in [-0.15, -0.1) is 11.3 Å². The Kier molecular flexibility index (Phi) is 4.63. The van der Waals surface area contributed by atoms with Crippen molar-refractivity contribution in [1.82, 2.24) is 4.98 Å². The second kappa shape index (κ2) is 6.68. The van der Waals surface area contributed by atoms with Gasteiger partial charge in [0, 0.05) is 21.5 Å². The SMILES string of the molecule is NOC(=O)c1cccc(-c2nc(-c3ccc(Cl)cc3Cl)cs2)c1. The van der Waals surface area contributed by atoms with Crippen LogP contribution in [0.25, 0.3) is 21.8 Å². The largest absolute Gasteiger partial charge is 0.370 e. The van der Waals surface area contributed by atoms with E-state index in [1.54, 1.807) is 30.3 Å². The van der Waals surface area contributed by atoms with Crippen LogP contribution in [0.4, 0.5) is 0 Å². The highest BCUT2D eigenvalue weighted by molar-refractivity contribution is 7.13. The van der Waals surface area contributed by atoms with Gasteiger partial charge in [-0.1, -0.05) is 35.3 Å². The molecule has 3 aromatic rings. The molecule has 0 aliphatic carbocycles. The van der Waals surface area contributed by atoms with Crippen molar-refractivity contribution in [3.05, 3.63) is 63.5 Å². The number of carbonyl (C=O) groups is 1. The molecular formula is C16H10Cl2N2O2S. The van der Waals surface area contributed by atoms with E-state index in [1.165, 1.54) is 11.3 Å².